The van der Waals surface area contributed by atoms with E-state index in [4.69, 9.17) is 10.5 Å². The van der Waals surface area contributed by atoms with Gasteiger partial charge in [0.1, 0.15) is 0 Å². The van der Waals surface area contributed by atoms with Crippen LogP contribution in [0.25, 0.3) is 0 Å². The average molecular weight is 241 g/mol. The molecule has 0 saturated heterocycles. The number of hydrogen-bond donors (Lipinski definition) is 2. The van der Waals surface area contributed by atoms with Gasteiger partial charge in [0, 0.05) is 5.92 Å². The maximum atomic E-state index is 13.2. The average Bonchev–Trinajstić information content (AvgIpc) is 2.35. The molecule has 0 saturated carbocycles. The number of ether oxygens (including phenoxy) is 1. The number of rotatable bonds is 6. The first kappa shape index (κ1) is 13.9. The van der Waals surface area contributed by atoms with Crippen molar-refractivity contribution in [2.24, 2.45) is 11.7 Å². The van der Waals surface area contributed by atoms with Crippen LogP contribution in [0.4, 0.5) is 4.39 Å². The van der Waals surface area contributed by atoms with Crippen LogP contribution in [-0.4, -0.2) is 18.8 Å². The zero-order chi connectivity index (χ0) is 12.8. The summed E-state index contributed by atoms with van der Waals surface area (Å²) in [6.07, 6.45) is 1.13. The smallest absolute Gasteiger partial charge is 0.165 e. The minimum absolute atomic E-state index is 0.00447. The number of halogens is 1. The topological polar surface area (TPSA) is 55.5 Å². The maximum absolute atomic E-state index is 13.2. The molecule has 2 unspecified atom stereocenters. The Morgan fingerprint density at radius 3 is 2.71 bits per heavy atom. The largest absolute Gasteiger partial charge is 0.494 e. The summed E-state index contributed by atoms with van der Waals surface area (Å²) in [6.45, 7) is 2.45. The van der Waals surface area contributed by atoms with Gasteiger partial charge in [-0.3, -0.25) is 0 Å². The van der Waals surface area contributed by atoms with E-state index in [0.29, 0.717) is 12.1 Å². The van der Waals surface area contributed by atoms with Gasteiger partial charge in [-0.05, 0) is 30.7 Å². The zero-order valence-electron chi connectivity index (χ0n) is 10.3. The molecular formula is C13H20FNO2. The Morgan fingerprint density at radius 1 is 1.47 bits per heavy atom. The molecule has 0 aliphatic carbocycles. The predicted molar refractivity (Wildman–Crippen MR) is 65.4 cm³/mol. The summed E-state index contributed by atoms with van der Waals surface area (Å²) >= 11 is 0. The number of benzene rings is 1. The monoisotopic (exact) mass is 241 g/mol. The van der Waals surface area contributed by atoms with Crippen LogP contribution in [0, 0.1) is 11.7 Å². The highest BCUT2D eigenvalue weighted by atomic mass is 19.1. The van der Waals surface area contributed by atoms with Crippen molar-refractivity contribution in [3.8, 4) is 5.75 Å². The predicted octanol–water partition coefficient (Wildman–Crippen LogP) is 2.24. The van der Waals surface area contributed by atoms with E-state index < -0.39 is 11.9 Å². The summed E-state index contributed by atoms with van der Waals surface area (Å²) in [5, 5.41) is 10.2. The Hall–Kier alpha value is -1.13. The standard InChI is InChI=1S/C13H20FNO2/c1-3-4-10(8-15)13(16)9-5-6-11(14)12(7-9)17-2/h5-7,10,13,16H,3-4,8,15H2,1-2H3. The van der Waals surface area contributed by atoms with Crippen molar-refractivity contribution in [2.45, 2.75) is 25.9 Å². The van der Waals surface area contributed by atoms with E-state index in [2.05, 4.69) is 0 Å². The third-order valence-electron chi connectivity index (χ3n) is 2.93. The molecule has 4 heteroatoms. The van der Waals surface area contributed by atoms with Gasteiger partial charge in [0.15, 0.2) is 11.6 Å². The van der Waals surface area contributed by atoms with Crippen LogP contribution in [0.1, 0.15) is 31.4 Å². The normalized spacial score (nSPS) is 14.4. The van der Waals surface area contributed by atoms with Crippen molar-refractivity contribution in [3.05, 3.63) is 29.6 Å². The fourth-order valence-electron chi connectivity index (χ4n) is 1.91. The number of aliphatic hydroxyl groups excluding tert-OH is 1. The Bertz CT molecular complexity index is 357. The van der Waals surface area contributed by atoms with Crippen molar-refractivity contribution in [1.29, 1.82) is 0 Å². The van der Waals surface area contributed by atoms with Gasteiger partial charge in [-0.25, -0.2) is 4.39 Å². The lowest BCUT2D eigenvalue weighted by molar-refractivity contribution is 0.106. The molecule has 0 fully saturated rings. The fourth-order valence-corrected chi connectivity index (χ4v) is 1.91. The van der Waals surface area contributed by atoms with Gasteiger partial charge in [0.2, 0.25) is 0 Å². The molecule has 0 radical (unpaired) electrons. The van der Waals surface area contributed by atoms with Crippen LogP contribution in [0.3, 0.4) is 0 Å². The van der Waals surface area contributed by atoms with Crippen LogP contribution in [0.2, 0.25) is 0 Å². The van der Waals surface area contributed by atoms with Crippen molar-refractivity contribution in [2.75, 3.05) is 13.7 Å². The fraction of sp³-hybridized carbons (Fsp3) is 0.538. The number of aliphatic hydroxyl groups is 1. The molecule has 1 aromatic carbocycles. The van der Waals surface area contributed by atoms with E-state index in [9.17, 15) is 9.50 Å². The molecule has 1 aromatic rings. The summed E-state index contributed by atoms with van der Waals surface area (Å²) in [4.78, 5) is 0. The highest BCUT2D eigenvalue weighted by Gasteiger charge is 2.20. The lowest BCUT2D eigenvalue weighted by Crippen LogP contribution is -2.22. The number of methoxy groups -OCH3 is 1. The van der Waals surface area contributed by atoms with Gasteiger partial charge < -0.3 is 15.6 Å². The van der Waals surface area contributed by atoms with Crippen LogP contribution in [0.5, 0.6) is 5.75 Å². The lowest BCUT2D eigenvalue weighted by atomic mass is 9.92. The third kappa shape index (κ3) is 3.41. The van der Waals surface area contributed by atoms with Crippen LogP contribution in [0.15, 0.2) is 18.2 Å². The van der Waals surface area contributed by atoms with E-state index in [-0.39, 0.29) is 11.7 Å². The second kappa shape index (κ2) is 6.57. The zero-order valence-corrected chi connectivity index (χ0v) is 10.3. The van der Waals surface area contributed by atoms with E-state index in [0.717, 1.165) is 12.8 Å². The molecule has 3 nitrogen and oxygen atoms in total. The summed E-state index contributed by atoms with van der Waals surface area (Å²) in [7, 11) is 1.40. The number of nitrogens with two attached hydrogens (primary N) is 1. The molecule has 17 heavy (non-hydrogen) atoms. The van der Waals surface area contributed by atoms with Crippen LogP contribution < -0.4 is 10.5 Å². The molecule has 3 N–H and O–H groups in total. The molecule has 96 valence electrons. The highest BCUT2D eigenvalue weighted by molar-refractivity contribution is 5.31. The second-order valence-electron chi connectivity index (χ2n) is 4.12. The van der Waals surface area contributed by atoms with Crippen molar-refractivity contribution >= 4 is 0 Å². The SMILES string of the molecule is CCCC(CN)C(O)c1ccc(F)c(OC)c1. The molecule has 0 aromatic heterocycles. The van der Waals surface area contributed by atoms with Gasteiger partial charge in [-0.2, -0.15) is 0 Å². The Balaban J connectivity index is 2.90. The molecule has 0 amide bonds. The lowest BCUT2D eigenvalue weighted by Gasteiger charge is -2.21. The summed E-state index contributed by atoms with van der Waals surface area (Å²) < 4.78 is 18.1. The molecular weight excluding hydrogens is 221 g/mol. The summed E-state index contributed by atoms with van der Waals surface area (Å²) in [6, 6.07) is 4.40. The van der Waals surface area contributed by atoms with Crippen molar-refractivity contribution in [1.82, 2.24) is 0 Å². The van der Waals surface area contributed by atoms with E-state index >= 15 is 0 Å². The quantitative estimate of drug-likeness (QED) is 0.803. The minimum Gasteiger partial charge on any atom is -0.494 e. The summed E-state index contributed by atoms with van der Waals surface area (Å²) in [5.41, 5.74) is 6.28. The van der Waals surface area contributed by atoms with Gasteiger partial charge in [-0.1, -0.05) is 19.4 Å². The summed E-state index contributed by atoms with van der Waals surface area (Å²) in [5.74, 6) is -0.285. The van der Waals surface area contributed by atoms with Crippen LogP contribution in [-0.2, 0) is 0 Å². The van der Waals surface area contributed by atoms with Gasteiger partial charge >= 0.3 is 0 Å². The molecule has 0 aliphatic heterocycles. The van der Waals surface area contributed by atoms with E-state index in [1.54, 1.807) is 6.07 Å². The van der Waals surface area contributed by atoms with Gasteiger partial charge in [0.05, 0.1) is 13.2 Å². The molecule has 0 aliphatic rings. The minimum atomic E-state index is -0.672. The number of hydrogen-bond acceptors (Lipinski definition) is 3. The Morgan fingerprint density at radius 2 is 2.18 bits per heavy atom. The highest BCUT2D eigenvalue weighted by Crippen LogP contribution is 2.28. The van der Waals surface area contributed by atoms with Crippen molar-refractivity contribution in [3.63, 3.8) is 0 Å². The van der Waals surface area contributed by atoms with Gasteiger partial charge in [0.25, 0.3) is 0 Å². The molecule has 0 heterocycles. The Labute approximate surface area is 101 Å². The third-order valence-corrected chi connectivity index (χ3v) is 2.93. The molecule has 1 rings (SSSR count). The van der Waals surface area contributed by atoms with Crippen LogP contribution >= 0.6 is 0 Å². The molecule has 0 spiro atoms. The first-order valence-electron chi connectivity index (χ1n) is 5.85. The molecule has 0 bridgehead atoms. The molecule has 2 atom stereocenters. The first-order chi connectivity index (χ1) is 8.13. The Kier molecular flexibility index (Phi) is 5.38. The maximum Gasteiger partial charge on any atom is 0.165 e. The van der Waals surface area contributed by atoms with E-state index in [1.165, 1.54) is 19.2 Å². The van der Waals surface area contributed by atoms with Crippen molar-refractivity contribution < 1.29 is 14.2 Å². The van der Waals surface area contributed by atoms with E-state index in [1.807, 2.05) is 6.92 Å². The second-order valence-corrected chi connectivity index (χ2v) is 4.12. The first-order valence-corrected chi connectivity index (χ1v) is 5.85. The van der Waals surface area contributed by atoms with Gasteiger partial charge in [-0.15, -0.1) is 0 Å².